The molecule has 0 aromatic heterocycles. The van der Waals surface area contributed by atoms with Crippen LogP contribution >= 0.6 is 23.5 Å². The predicted molar refractivity (Wildman–Crippen MR) is 83.8 cm³/mol. The maximum atomic E-state index is 11.2. The summed E-state index contributed by atoms with van der Waals surface area (Å²) in [5.41, 5.74) is 0.555. The largest absolute Gasteiger partial charge is 0.481 e. The van der Waals surface area contributed by atoms with Crippen molar-refractivity contribution in [1.82, 2.24) is 0 Å². The summed E-state index contributed by atoms with van der Waals surface area (Å²) < 4.78 is 0. The van der Waals surface area contributed by atoms with E-state index < -0.39 is 17.6 Å². The van der Waals surface area contributed by atoms with Gasteiger partial charge < -0.3 is 10.2 Å². The van der Waals surface area contributed by atoms with Crippen LogP contribution in [-0.2, 0) is 9.59 Å². The molecule has 0 saturated carbocycles. The van der Waals surface area contributed by atoms with Crippen molar-refractivity contribution in [3.8, 4) is 12.1 Å². The number of carbonyl (C=O) groups is 2. The number of carboxylic acid groups (broad SMARTS) is 1. The molecule has 1 heterocycles. The summed E-state index contributed by atoms with van der Waals surface area (Å²) >= 11 is 2.40. The first kappa shape index (κ1) is 17.1. The molecule has 0 bridgehead atoms. The van der Waals surface area contributed by atoms with Crippen molar-refractivity contribution < 1.29 is 19.8 Å². The zero-order chi connectivity index (χ0) is 17.0. The van der Waals surface area contributed by atoms with Crippen LogP contribution in [0.5, 0.6) is 0 Å². The lowest BCUT2D eigenvalue weighted by molar-refractivity contribution is -0.136. The fraction of sp³-hybridized carbons (Fsp3) is 0.200. The number of benzene rings is 1. The molecule has 8 heteroatoms. The zero-order valence-corrected chi connectivity index (χ0v) is 13.3. The number of nitrogens with zero attached hydrogens (tertiary/aromatic N) is 2. The van der Waals surface area contributed by atoms with Crippen LogP contribution in [0.2, 0.25) is 0 Å². The van der Waals surface area contributed by atoms with Gasteiger partial charge >= 0.3 is 5.97 Å². The molecule has 0 radical (unpaired) electrons. The number of carboxylic acids is 1. The van der Waals surface area contributed by atoms with Gasteiger partial charge in [-0.05, 0) is 12.1 Å². The molecule has 1 aromatic rings. The van der Waals surface area contributed by atoms with E-state index in [4.69, 9.17) is 15.6 Å². The van der Waals surface area contributed by atoms with Crippen LogP contribution in [0.15, 0.2) is 32.4 Å². The lowest BCUT2D eigenvalue weighted by atomic mass is 10.1. The number of nitriles is 2. The number of rotatable bonds is 4. The summed E-state index contributed by atoms with van der Waals surface area (Å²) in [6.07, 6.45) is 0.0547. The molecule has 1 aromatic carbocycles. The van der Waals surface area contributed by atoms with E-state index in [0.717, 1.165) is 11.8 Å². The van der Waals surface area contributed by atoms with Gasteiger partial charge in [-0.2, -0.15) is 10.5 Å². The average Bonchev–Trinajstić information content (AvgIpc) is 2.56. The molecule has 1 aliphatic heterocycles. The maximum Gasteiger partial charge on any atom is 0.307 e. The van der Waals surface area contributed by atoms with Gasteiger partial charge in [-0.15, -0.1) is 11.8 Å². The molecule has 6 nitrogen and oxygen atoms in total. The van der Waals surface area contributed by atoms with E-state index >= 15 is 0 Å². The standard InChI is InChI=1S/C15H10N2O4S2/c16-4-8-1-11-12(2-9(8)5-17)23-15(13(7-19)22-11)10(6-18)3-14(20)21/h1-2,6,13,19H,3,7H2,(H,20,21)/b15-10-. The predicted octanol–water partition coefficient (Wildman–Crippen LogP) is 1.92. The van der Waals surface area contributed by atoms with E-state index in [1.807, 2.05) is 12.1 Å². The Hall–Kier alpha value is -2.26. The number of aliphatic carboxylic acids is 1. The van der Waals surface area contributed by atoms with Gasteiger partial charge in [0.15, 0.2) is 0 Å². The van der Waals surface area contributed by atoms with Gasteiger partial charge in [0.1, 0.15) is 18.4 Å². The minimum Gasteiger partial charge on any atom is -0.481 e. The van der Waals surface area contributed by atoms with E-state index in [-0.39, 0.29) is 23.3 Å². The molecule has 1 unspecified atom stereocenters. The van der Waals surface area contributed by atoms with Crippen LogP contribution < -0.4 is 0 Å². The van der Waals surface area contributed by atoms with Crippen molar-refractivity contribution in [3.63, 3.8) is 0 Å². The SMILES string of the molecule is N#Cc1cc2c(cc1C#N)SC(CO)/C(=C(/C=O)CC(=O)O)S2. The van der Waals surface area contributed by atoms with E-state index in [1.165, 1.54) is 11.8 Å². The average molecular weight is 346 g/mol. The fourth-order valence-corrected chi connectivity index (χ4v) is 4.64. The Kier molecular flexibility index (Phi) is 5.45. The first-order chi connectivity index (χ1) is 11.0. The Labute approximate surface area is 140 Å². The molecule has 2 N–H and O–H groups in total. The van der Waals surface area contributed by atoms with Crippen LogP contribution in [0, 0.1) is 22.7 Å². The normalized spacial score (nSPS) is 18.3. The Morgan fingerprint density at radius 2 is 1.87 bits per heavy atom. The topological polar surface area (TPSA) is 122 Å². The molecule has 0 saturated heterocycles. The molecule has 0 spiro atoms. The van der Waals surface area contributed by atoms with Crippen molar-refractivity contribution in [2.45, 2.75) is 21.5 Å². The van der Waals surface area contributed by atoms with Crippen molar-refractivity contribution in [3.05, 3.63) is 33.7 Å². The molecule has 0 aliphatic carbocycles. The number of hydrogen-bond acceptors (Lipinski definition) is 7. The molecule has 0 amide bonds. The molecular formula is C15H10N2O4S2. The van der Waals surface area contributed by atoms with Crippen molar-refractivity contribution in [1.29, 1.82) is 10.5 Å². The van der Waals surface area contributed by atoms with Crippen molar-refractivity contribution in [2.75, 3.05) is 6.61 Å². The zero-order valence-electron chi connectivity index (χ0n) is 11.6. The molecule has 116 valence electrons. The Morgan fingerprint density at radius 1 is 1.26 bits per heavy atom. The van der Waals surface area contributed by atoms with E-state index in [1.54, 1.807) is 12.1 Å². The first-order valence-corrected chi connectivity index (χ1v) is 8.07. The Bertz CT molecular complexity index is 790. The number of hydrogen-bond donors (Lipinski definition) is 2. The van der Waals surface area contributed by atoms with Crippen LogP contribution in [0.4, 0.5) is 0 Å². The third-order valence-corrected chi connectivity index (χ3v) is 5.94. The van der Waals surface area contributed by atoms with E-state index in [2.05, 4.69) is 0 Å². The van der Waals surface area contributed by atoms with Crippen molar-refractivity contribution in [2.24, 2.45) is 0 Å². The quantitative estimate of drug-likeness (QED) is 0.626. The third kappa shape index (κ3) is 3.57. The molecule has 0 fully saturated rings. The van der Waals surface area contributed by atoms with Crippen LogP contribution in [0.25, 0.3) is 0 Å². The van der Waals surface area contributed by atoms with Gasteiger partial charge in [-0.25, -0.2) is 0 Å². The highest BCUT2D eigenvalue weighted by molar-refractivity contribution is 8.08. The fourth-order valence-electron chi connectivity index (χ4n) is 2.05. The van der Waals surface area contributed by atoms with Gasteiger partial charge in [0, 0.05) is 20.3 Å². The first-order valence-electron chi connectivity index (χ1n) is 6.37. The minimum absolute atomic E-state index is 0.0996. The lowest BCUT2D eigenvalue weighted by Gasteiger charge is -2.26. The Balaban J connectivity index is 2.55. The highest BCUT2D eigenvalue weighted by atomic mass is 32.2. The number of aliphatic hydroxyl groups is 1. The monoisotopic (exact) mass is 346 g/mol. The van der Waals surface area contributed by atoms with Gasteiger partial charge in [-0.3, -0.25) is 9.59 Å². The highest BCUT2D eigenvalue weighted by Crippen LogP contribution is 2.49. The molecule has 1 aliphatic rings. The number of thioether (sulfide) groups is 2. The molecule has 2 rings (SSSR count). The summed E-state index contributed by atoms with van der Waals surface area (Å²) in [5.74, 6) is -1.13. The summed E-state index contributed by atoms with van der Waals surface area (Å²) in [4.78, 5) is 23.9. The number of aliphatic hydroxyl groups excluding tert-OH is 1. The van der Waals surface area contributed by atoms with Gasteiger partial charge in [-0.1, -0.05) is 11.8 Å². The number of fused-ring (bicyclic) bond motifs is 1. The highest BCUT2D eigenvalue weighted by Gasteiger charge is 2.28. The minimum atomic E-state index is -1.13. The summed E-state index contributed by atoms with van der Waals surface area (Å²) in [5, 5.41) is 36.1. The van der Waals surface area contributed by atoms with Crippen molar-refractivity contribution >= 4 is 35.8 Å². The van der Waals surface area contributed by atoms with E-state index in [0.29, 0.717) is 21.0 Å². The lowest BCUT2D eigenvalue weighted by Crippen LogP contribution is -2.17. The van der Waals surface area contributed by atoms with Gasteiger partial charge in [0.2, 0.25) is 0 Å². The van der Waals surface area contributed by atoms with E-state index in [9.17, 15) is 14.7 Å². The number of carbonyl (C=O) groups excluding carboxylic acids is 1. The summed E-state index contributed by atoms with van der Waals surface area (Å²) in [6.45, 7) is -0.273. The van der Waals surface area contributed by atoms with Crippen LogP contribution in [-0.4, -0.2) is 34.3 Å². The van der Waals surface area contributed by atoms with Crippen LogP contribution in [0.3, 0.4) is 0 Å². The smallest absolute Gasteiger partial charge is 0.307 e. The van der Waals surface area contributed by atoms with Gasteiger partial charge in [0.25, 0.3) is 0 Å². The Morgan fingerprint density at radius 3 is 2.35 bits per heavy atom. The molecule has 23 heavy (non-hydrogen) atoms. The van der Waals surface area contributed by atoms with Crippen LogP contribution in [0.1, 0.15) is 17.5 Å². The number of aldehydes is 1. The maximum absolute atomic E-state index is 11.2. The summed E-state index contributed by atoms with van der Waals surface area (Å²) in [6, 6.07) is 7.00. The third-order valence-electron chi connectivity index (χ3n) is 3.07. The molecular weight excluding hydrogens is 336 g/mol. The second-order valence-electron chi connectivity index (χ2n) is 4.54. The second kappa shape index (κ2) is 7.34. The molecule has 1 atom stereocenters. The second-order valence-corrected chi connectivity index (χ2v) is 6.87. The summed E-state index contributed by atoms with van der Waals surface area (Å²) in [7, 11) is 0. The van der Waals surface area contributed by atoms with Gasteiger partial charge in [0.05, 0.1) is 29.4 Å².